The summed E-state index contributed by atoms with van der Waals surface area (Å²) >= 11 is 0. The Labute approximate surface area is 117 Å². The molecule has 1 aromatic rings. The van der Waals surface area contributed by atoms with Crippen molar-refractivity contribution in [2.75, 3.05) is 0 Å². The molecule has 0 aromatic heterocycles. The summed E-state index contributed by atoms with van der Waals surface area (Å²) in [5.41, 5.74) is -0.435. The number of carbonyl (C=O) groups is 2. The van der Waals surface area contributed by atoms with Crippen molar-refractivity contribution < 1.29 is 19.8 Å². The molecule has 0 amide bonds. The Kier molecular flexibility index (Phi) is 3.42. The summed E-state index contributed by atoms with van der Waals surface area (Å²) in [5, 5.41) is 18.4. The first-order valence-corrected chi connectivity index (χ1v) is 6.51. The predicted molar refractivity (Wildman–Crippen MR) is 74.3 cm³/mol. The first-order chi connectivity index (χ1) is 9.32. The zero-order chi connectivity index (χ0) is 15.0. The molecule has 106 valence electrons. The van der Waals surface area contributed by atoms with E-state index in [9.17, 15) is 14.7 Å². The van der Waals surface area contributed by atoms with Crippen LogP contribution in [0.1, 0.15) is 19.4 Å². The van der Waals surface area contributed by atoms with E-state index >= 15 is 0 Å². The molecular weight excluding hydrogens is 256 g/mol. The SMILES string of the molecule is CC1(C)[C@@H](C=CC(=O)O)[C@@]1(Cc1ccccc1)C(=O)O. The summed E-state index contributed by atoms with van der Waals surface area (Å²) < 4.78 is 0. The topological polar surface area (TPSA) is 74.6 Å². The first kappa shape index (κ1) is 14.3. The molecule has 0 saturated heterocycles. The maximum Gasteiger partial charge on any atom is 0.327 e. The van der Waals surface area contributed by atoms with E-state index < -0.39 is 22.8 Å². The van der Waals surface area contributed by atoms with Crippen LogP contribution in [0.15, 0.2) is 42.5 Å². The standard InChI is InChI=1S/C16H18O4/c1-15(2)12(8-9-13(17)18)16(15,14(19)20)10-11-6-4-3-5-7-11/h3-9,12H,10H2,1-2H3,(H,17,18)(H,19,20)/t12-,16+/m1/s1. The Balaban J connectivity index is 2.32. The maximum atomic E-state index is 11.8. The Morgan fingerprint density at radius 3 is 2.30 bits per heavy atom. The van der Waals surface area contributed by atoms with Gasteiger partial charge in [-0.05, 0) is 17.4 Å². The van der Waals surface area contributed by atoms with Gasteiger partial charge in [-0.15, -0.1) is 0 Å². The maximum absolute atomic E-state index is 11.8. The van der Waals surface area contributed by atoms with Gasteiger partial charge in [-0.2, -0.15) is 0 Å². The van der Waals surface area contributed by atoms with Gasteiger partial charge in [-0.1, -0.05) is 50.3 Å². The largest absolute Gasteiger partial charge is 0.481 e. The van der Waals surface area contributed by atoms with Gasteiger partial charge in [0, 0.05) is 12.0 Å². The minimum absolute atomic E-state index is 0.274. The zero-order valence-electron chi connectivity index (χ0n) is 11.5. The van der Waals surface area contributed by atoms with Crippen molar-refractivity contribution in [3.63, 3.8) is 0 Å². The van der Waals surface area contributed by atoms with Gasteiger partial charge in [0.15, 0.2) is 0 Å². The van der Waals surface area contributed by atoms with Crippen molar-refractivity contribution in [1.82, 2.24) is 0 Å². The molecule has 1 aromatic carbocycles. The normalized spacial score (nSPS) is 27.4. The van der Waals surface area contributed by atoms with Crippen molar-refractivity contribution >= 4 is 11.9 Å². The fourth-order valence-electron chi connectivity index (χ4n) is 3.22. The lowest BCUT2D eigenvalue weighted by molar-refractivity contribution is -0.145. The number of carboxylic acids is 2. The van der Waals surface area contributed by atoms with Crippen molar-refractivity contribution in [2.45, 2.75) is 20.3 Å². The molecule has 2 N–H and O–H groups in total. The second-order valence-electron chi connectivity index (χ2n) is 5.84. The second kappa shape index (κ2) is 4.78. The molecule has 1 fully saturated rings. The van der Waals surface area contributed by atoms with Gasteiger partial charge in [-0.25, -0.2) is 4.79 Å². The smallest absolute Gasteiger partial charge is 0.327 e. The minimum Gasteiger partial charge on any atom is -0.481 e. The number of rotatable bonds is 5. The van der Waals surface area contributed by atoms with Gasteiger partial charge in [0.25, 0.3) is 0 Å². The number of hydrogen-bond donors (Lipinski definition) is 2. The van der Waals surface area contributed by atoms with E-state index in [4.69, 9.17) is 5.11 Å². The fourth-order valence-corrected chi connectivity index (χ4v) is 3.22. The van der Waals surface area contributed by atoms with Gasteiger partial charge in [-0.3, -0.25) is 4.79 Å². The molecule has 1 aliphatic carbocycles. The molecule has 0 bridgehead atoms. The van der Waals surface area contributed by atoms with Crippen LogP contribution >= 0.6 is 0 Å². The van der Waals surface area contributed by atoms with Crippen LogP contribution in [0.3, 0.4) is 0 Å². The molecule has 4 heteroatoms. The van der Waals surface area contributed by atoms with Crippen LogP contribution in [0, 0.1) is 16.7 Å². The van der Waals surface area contributed by atoms with E-state index in [-0.39, 0.29) is 5.92 Å². The monoisotopic (exact) mass is 274 g/mol. The van der Waals surface area contributed by atoms with Crippen LogP contribution in [0.25, 0.3) is 0 Å². The van der Waals surface area contributed by atoms with E-state index in [0.717, 1.165) is 11.6 Å². The summed E-state index contributed by atoms with van der Waals surface area (Å²) in [7, 11) is 0. The molecule has 0 heterocycles. The average Bonchev–Trinajstić information content (AvgIpc) is 2.84. The summed E-state index contributed by atoms with van der Waals surface area (Å²) in [5.74, 6) is -2.19. The number of allylic oxidation sites excluding steroid dienone is 1. The molecule has 4 nitrogen and oxygen atoms in total. The third kappa shape index (κ3) is 2.11. The molecular formula is C16H18O4. The summed E-state index contributed by atoms with van der Waals surface area (Å²) in [6.07, 6.45) is 2.96. The first-order valence-electron chi connectivity index (χ1n) is 6.51. The highest BCUT2D eigenvalue weighted by atomic mass is 16.4. The van der Waals surface area contributed by atoms with Crippen LogP contribution < -0.4 is 0 Å². The number of hydrogen-bond acceptors (Lipinski definition) is 2. The summed E-state index contributed by atoms with van der Waals surface area (Å²) in [6, 6.07) is 9.44. The molecule has 1 aliphatic rings. The summed E-state index contributed by atoms with van der Waals surface area (Å²) in [6.45, 7) is 3.75. The van der Waals surface area contributed by atoms with E-state index in [1.807, 2.05) is 44.2 Å². The Morgan fingerprint density at radius 2 is 1.80 bits per heavy atom. The molecule has 2 atom stereocenters. The van der Waals surface area contributed by atoms with Gasteiger partial charge >= 0.3 is 11.9 Å². The summed E-state index contributed by atoms with van der Waals surface area (Å²) in [4.78, 5) is 22.4. The van der Waals surface area contributed by atoms with Crippen molar-refractivity contribution in [3.8, 4) is 0 Å². The lowest BCUT2D eigenvalue weighted by Gasteiger charge is -2.15. The van der Waals surface area contributed by atoms with Gasteiger partial charge in [0.2, 0.25) is 0 Å². The zero-order valence-corrected chi connectivity index (χ0v) is 11.5. The third-order valence-electron chi connectivity index (χ3n) is 4.51. The highest BCUT2D eigenvalue weighted by Gasteiger charge is 2.74. The van der Waals surface area contributed by atoms with Crippen LogP contribution in [0.5, 0.6) is 0 Å². The van der Waals surface area contributed by atoms with E-state index in [1.165, 1.54) is 6.08 Å². The Morgan fingerprint density at radius 1 is 1.20 bits per heavy atom. The highest BCUT2D eigenvalue weighted by molar-refractivity contribution is 5.84. The van der Waals surface area contributed by atoms with E-state index in [0.29, 0.717) is 6.42 Å². The molecule has 2 rings (SSSR count). The van der Waals surface area contributed by atoms with Crippen LogP contribution in [0.4, 0.5) is 0 Å². The van der Waals surface area contributed by atoms with E-state index in [2.05, 4.69) is 0 Å². The van der Waals surface area contributed by atoms with Gasteiger partial charge in [0.1, 0.15) is 0 Å². The third-order valence-corrected chi connectivity index (χ3v) is 4.51. The van der Waals surface area contributed by atoms with Gasteiger partial charge in [0.05, 0.1) is 5.41 Å². The molecule has 0 radical (unpaired) electrons. The van der Waals surface area contributed by atoms with Gasteiger partial charge < -0.3 is 10.2 Å². The average molecular weight is 274 g/mol. The van der Waals surface area contributed by atoms with Crippen LogP contribution in [0.2, 0.25) is 0 Å². The van der Waals surface area contributed by atoms with Crippen molar-refractivity contribution in [3.05, 3.63) is 48.0 Å². The number of benzene rings is 1. The molecule has 0 aliphatic heterocycles. The number of carboxylic acid groups (broad SMARTS) is 2. The Hall–Kier alpha value is -2.10. The fraction of sp³-hybridized carbons (Fsp3) is 0.375. The lowest BCUT2D eigenvalue weighted by atomic mass is 9.88. The van der Waals surface area contributed by atoms with Crippen LogP contribution in [-0.2, 0) is 16.0 Å². The molecule has 20 heavy (non-hydrogen) atoms. The predicted octanol–water partition coefficient (Wildman–Crippen LogP) is 2.60. The second-order valence-corrected chi connectivity index (χ2v) is 5.84. The lowest BCUT2D eigenvalue weighted by Crippen LogP contribution is -2.24. The molecule has 0 unspecified atom stereocenters. The number of aliphatic carboxylic acids is 2. The minimum atomic E-state index is -1.05. The van der Waals surface area contributed by atoms with Crippen molar-refractivity contribution in [1.29, 1.82) is 0 Å². The van der Waals surface area contributed by atoms with Crippen LogP contribution in [-0.4, -0.2) is 22.2 Å². The Bertz CT molecular complexity index is 559. The van der Waals surface area contributed by atoms with Crippen molar-refractivity contribution in [2.24, 2.45) is 16.7 Å². The molecule has 0 spiro atoms. The molecule has 1 saturated carbocycles. The highest BCUT2D eigenvalue weighted by Crippen LogP contribution is 2.71. The quantitative estimate of drug-likeness (QED) is 0.809. The van der Waals surface area contributed by atoms with E-state index in [1.54, 1.807) is 0 Å².